The molecule has 0 radical (unpaired) electrons. The minimum atomic E-state index is -0.841. The minimum Gasteiger partial charge on any atom is -0.507 e. The smallest absolute Gasteiger partial charge is 0.246 e. The van der Waals surface area contributed by atoms with E-state index in [0.29, 0.717) is 56.5 Å². The zero-order valence-corrected chi connectivity index (χ0v) is 22.4. The third-order valence-corrected chi connectivity index (χ3v) is 8.26. The molecular weight excluding hydrogens is 528 g/mol. The molecule has 4 heterocycles. The van der Waals surface area contributed by atoms with Crippen LogP contribution in [0.25, 0.3) is 22.0 Å². The number of carbonyl (C=O) groups is 1. The molecule has 8 nitrogen and oxygen atoms in total. The third-order valence-electron chi connectivity index (χ3n) is 7.96. The number of phenolic OH excluding ortho intramolecular Hbond substituents is 1. The van der Waals surface area contributed by atoms with Crippen LogP contribution in [0, 0.1) is 17.0 Å². The quantitative estimate of drug-likeness (QED) is 0.478. The fraction of sp³-hybridized carbons (Fsp3) is 0.393. The van der Waals surface area contributed by atoms with E-state index >= 15 is 4.39 Å². The van der Waals surface area contributed by atoms with Gasteiger partial charge in [0.2, 0.25) is 11.9 Å². The average molecular weight is 556 g/mol. The number of fused-ring (bicyclic) bond motifs is 1. The molecular formula is C28H28ClF2N5O3. The summed E-state index contributed by atoms with van der Waals surface area (Å²) < 4.78 is 36.5. The lowest BCUT2D eigenvalue weighted by molar-refractivity contribution is -0.128. The Bertz CT molecular complexity index is 1490. The van der Waals surface area contributed by atoms with Crippen molar-refractivity contribution in [3.8, 4) is 16.9 Å². The first-order valence-electron chi connectivity index (χ1n) is 12.8. The number of hydrogen-bond donors (Lipinski definition) is 1. The first-order valence-corrected chi connectivity index (χ1v) is 13.2. The number of amides is 1. The second-order valence-corrected chi connectivity index (χ2v) is 11.2. The molecule has 3 aliphatic heterocycles. The van der Waals surface area contributed by atoms with Crippen LogP contribution in [0.4, 0.5) is 20.5 Å². The Balaban J connectivity index is 1.51. The number of anilines is 2. The standard InChI is InChI=1S/C28H28ClF2N5O3/c1-4-21(38)35-9-16(3)36(10-15(35)2)26-17-8-18(29)22(23-19(30)6-5-7-20(23)37)24(31)25(17)32-27(33-26)34-11-28(12-34)13-39-14-28/h4-8,15-16,37H,1,9-14H2,2-3H3/t15-,16+/m1/s1. The summed E-state index contributed by atoms with van der Waals surface area (Å²) in [5.41, 5.74) is -0.533. The van der Waals surface area contributed by atoms with Crippen molar-refractivity contribution >= 4 is 40.2 Å². The van der Waals surface area contributed by atoms with Gasteiger partial charge in [0, 0.05) is 49.2 Å². The number of rotatable bonds is 4. The lowest BCUT2D eigenvalue weighted by atomic mass is 9.78. The normalized spacial score (nSPS) is 22.1. The number of aromatic hydroxyl groups is 1. The van der Waals surface area contributed by atoms with Gasteiger partial charge in [0.25, 0.3) is 0 Å². The molecule has 3 saturated heterocycles. The molecule has 1 aromatic heterocycles. The van der Waals surface area contributed by atoms with Gasteiger partial charge in [-0.15, -0.1) is 0 Å². The highest BCUT2D eigenvalue weighted by Crippen LogP contribution is 2.45. The van der Waals surface area contributed by atoms with E-state index < -0.39 is 17.4 Å². The van der Waals surface area contributed by atoms with Gasteiger partial charge in [-0.05, 0) is 38.1 Å². The van der Waals surface area contributed by atoms with E-state index in [0.717, 1.165) is 6.07 Å². The van der Waals surface area contributed by atoms with Gasteiger partial charge in [0.05, 0.1) is 29.2 Å². The lowest BCUT2D eigenvalue weighted by Crippen LogP contribution is -2.66. The van der Waals surface area contributed by atoms with Crippen LogP contribution >= 0.6 is 11.6 Å². The van der Waals surface area contributed by atoms with Gasteiger partial charge < -0.3 is 24.5 Å². The average Bonchev–Trinajstić information content (AvgIpc) is 2.84. The second-order valence-electron chi connectivity index (χ2n) is 10.8. The van der Waals surface area contributed by atoms with E-state index in [9.17, 15) is 14.3 Å². The van der Waals surface area contributed by atoms with E-state index in [2.05, 4.69) is 11.6 Å². The molecule has 3 aromatic rings. The number of benzene rings is 2. The van der Waals surface area contributed by atoms with E-state index in [4.69, 9.17) is 21.3 Å². The maximum absolute atomic E-state index is 16.3. The van der Waals surface area contributed by atoms with Crippen LogP contribution < -0.4 is 9.80 Å². The van der Waals surface area contributed by atoms with Gasteiger partial charge in [-0.3, -0.25) is 4.79 Å². The summed E-state index contributed by atoms with van der Waals surface area (Å²) >= 11 is 6.57. The Morgan fingerprint density at radius 2 is 1.92 bits per heavy atom. The van der Waals surface area contributed by atoms with Crippen LogP contribution in [0.2, 0.25) is 5.02 Å². The molecule has 2 atom stereocenters. The topological polar surface area (TPSA) is 82.0 Å². The predicted molar refractivity (Wildman–Crippen MR) is 145 cm³/mol. The monoisotopic (exact) mass is 555 g/mol. The molecule has 0 unspecified atom stereocenters. The zero-order chi connectivity index (χ0) is 27.6. The highest BCUT2D eigenvalue weighted by Gasteiger charge is 2.50. The van der Waals surface area contributed by atoms with Gasteiger partial charge in [0.1, 0.15) is 22.9 Å². The van der Waals surface area contributed by atoms with Crippen molar-refractivity contribution in [2.24, 2.45) is 5.41 Å². The molecule has 1 amide bonds. The zero-order valence-electron chi connectivity index (χ0n) is 21.6. The van der Waals surface area contributed by atoms with Crippen molar-refractivity contribution in [2.45, 2.75) is 25.9 Å². The maximum atomic E-state index is 16.3. The number of halogens is 3. The number of hydrogen-bond acceptors (Lipinski definition) is 7. The largest absolute Gasteiger partial charge is 0.507 e. The highest BCUT2D eigenvalue weighted by molar-refractivity contribution is 6.34. The fourth-order valence-electron chi connectivity index (χ4n) is 5.84. The molecule has 1 spiro atoms. The van der Waals surface area contributed by atoms with E-state index in [1.54, 1.807) is 4.90 Å². The van der Waals surface area contributed by atoms with Crippen LogP contribution in [0.3, 0.4) is 0 Å². The Morgan fingerprint density at radius 1 is 1.18 bits per heavy atom. The van der Waals surface area contributed by atoms with Crippen molar-refractivity contribution < 1.29 is 23.4 Å². The number of phenols is 1. The Morgan fingerprint density at radius 3 is 2.56 bits per heavy atom. The molecule has 3 fully saturated rings. The number of aromatic nitrogens is 2. The molecule has 2 aromatic carbocycles. The predicted octanol–water partition coefficient (Wildman–Crippen LogP) is 4.38. The van der Waals surface area contributed by atoms with Crippen LogP contribution in [0.5, 0.6) is 5.75 Å². The van der Waals surface area contributed by atoms with Gasteiger partial charge in [-0.25, -0.2) is 13.8 Å². The van der Waals surface area contributed by atoms with Crippen molar-refractivity contribution in [1.82, 2.24) is 14.9 Å². The van der Waals surface area contributed by atoms with Crippen molar-refractivity contribution in [3.63, 3.8) is 0 Å². The fourth-order valence-corrected chi connectivity index (χ4v) is 6.13. The number of carbonyl (C=O) groups excluding carboxylic acids is 1. The second kappa shape index (κ2) is 9.31. The Kier molecular flexibility index (Phi) is 6.15. The molecule has 1 N–H and O–H groups in total. The summed E-state index contributed by atoms with van der Waals surface area (Å²) in [6.07, 6.45) is 1.30. The first-order chi connectivity index (χ1) is 18.6. The van der Waals surface area contributed by atoms with Gasteiger partial charge in [-0.1, -0.05) is 24.2 Å². The third kappa shape index (κ3) is 4.08. The van der Waals surface area contributed by atoms with E-state index in [1.807, 2.05) is 23.6 Å². The molecule has 204 valence electrons. The van der Waals surface area contributed by atoms with Crippen LogP contribution in [-0.2, 0) is 9.53 Å². The molecule has 0 saturated carbocycles. The maximum Gasteiger partial charge on any atom is 0.246 e. The molecule has 0 aliphatic carbocycles. The van der Waals surface area contributed by atoms with E-state index in [1.165, 1.54) is 24.3 Å². The number of piperazine rings is 1. The van der Waals surface area contributed by atoms with Gasteiger partial charge >= 0.3 is 0 Å². The van der Waals surface area contributed by atoms with Gasteiger partial charge in [0.15, 0.2) is 5.82 Å². The van der Waals surface area contributed by atoms with Crippen LogP contribution in [0.1, 0.15) is 13.8 Å². The molecule has 11 heteroatoms. The highest BCUT2D eigenvalue weighted by atomic mass is 35.5. The van der Waals surface area contributed by atoms with Crippen molar-refractivity contribution in [3.05, 3.63) is 53.6 Å². The number of nitrogens with zero attached hydrogens (tertiary/aromatic N) is 5. The molecule has 6 rings (SSSR count). The summed E-state index contributed by atoms with van der Waals surface area (Å²) in [5.74, 6) is -1.39. The SMILES string of the molecule is C=CC(=O)N1C[C@H](C)N(c2nc(N3CC4(COC4)C3)nc3c(F)c(-c4c(O)cccc4F)c(Cl)cc23)C[C@H]1C. The minimum absolute atomic E-state index is 0.0210. The van der Waals surface area contributed by atoms with Crippen molar-refractivity contribution in [1.29, 1.82) is 0 Å². The summed E-state index contributed by atoms with van der Waals surface area (Å²) in [5, 5.41) is 10.7. The molecule has 39 heavy (non-hydrogen) atoms. The Hall–Kier alpha value is -3.50. The van der Waals surface area contributed by atoms with Gasteiger partial charge in [-0.2, -0.15) is 4.98 Å². The summed E-state index contributed by atoms with van der Waals surface area (Å²) in [6, 6.07) is 4.96. The van der Waals surface area contributed by atoms with Crippen LogP contribution in [-0.4, -0.2) is 77.4 Å². The summed E-state index contributed by atoms with van der Waals surface area (Å²) in [7, 11) is 0. The van der Waals surface area contributed by atoms with E-state index in [-0.39, 0.29) is 45.1 Å². The van der Waals surface area contributed by atoms with Crippen molar-refractivity contribution in [2.75, 3.05) is 49.2 Å². The molecule has 0 bridgehead atoms. The Labute approximate surface area is 229 Å². The summed E-state index contributed by atoms with van der Waals surface area (Å²) in [4.78, 5) is 27.7. The molecule has 3 aliphatic rings. The van der Waals surface area contributed by atoms with Crippen LogP contribution in [0.15, 0.2) is 36.9 Å². The summed E-state index contributed by atoms with van der Waals surface area (Å²) in [6.45, 7) is 11.1. The lowest BCUT2D eigenvalue weighted by Gasteiger charge is -2.55. The number of ether oxygens (including phenoxy) is 1. The first kappa shape index (κ1) is 25.8.